The zero-order valence-corrected chi connectivity index (χ0v) is 10.3. The summed E-state index contributed by atoms with van der Waals surface area (Å²) in [5, 5.41) is 3.80. The molecule has 0 aromatic heterocycles. The number of halogens is 1. The summed E-state index contributed by atoms with van der Waals surface area (Å²) in [4.78, 5) is 11.5. The van der Waals surface area contributed by atoms with E-state index in [1.807, 2.05) is 32.0 Å². The molecule has 0 saturated heterocycles. The van der Waals surface area contributed by atoms with E-state index in [4.69, 9.17) is 11.6 Å². The van der Waals surface area contributed by atoms with Crippen molar-refractivity contribution in [3.63, 3.8) is 0 Å². The molecule has 1 saturated carbocycles. The van der Waals surface area contributed by atoms with Gasteiger partial charge in [-0.25, -0.2) is 0 Å². The van der Waals surface area contributed by atoms with E-state index >= 15 is 0 Å². The Kier molecular flexibility index (Phi) is 3.20. The number of hydrogen-bond donors (Lipinski definition) is 1. The van der Waals surface area contributed by atoms with Crippen molar-refractivity contribution in [1.29, 1.82) is 0 Å². The first-order valence-corrected chi connectivity index (χ1v) is 6.01. The van der Waals surface area contributed by atoms with Crippen molar-refractivity contribution in [3.05, 3.63) is 34.9 Å². The van der Waals surface area contributed by atoms with Crippen molar-refractivity contribution in [1.82, 2.24) is 5.32 Å². The molecule has 3 heteroatoms. The molecule has 86 valence electrons. The van der Waals surface area contributed by atoms with Crippen molar-refractivity contribution >= 4 is 17.5 Å². The second-order valence-corrected chi connectivity index (χ2v) is 5.10. The number of benzene rings is 1. The van der Waals surface area contributed by atoms with Crippen LogP contribution < -0.4 is 5.32 Å². The minimum Gasteiger partial charge on any atom is -0.353 e. The van der Waals surface area contributed by atoms with Gasteiger partial charge in [0.2, 0.25) is 5.91 Å². The van der Waals surface area contributed by atoms with Crippen LogP contribution in [-0.4, -0.2) is 11.9 Å². The van der Waals surface area contributed by atoms with E-state index in [1.165, 1.54) is 5.56 Å². The molecule has 1 aromatic rings. The zero-order valence-electron chi connectivity index (χ0n) is 9.53. The summed E-state index contributed by atoms with van der Waals surface area (Å²) in [5.74, 6) is 0.636. The third kappa shape index (κ3) is 2.56. The summed E-state index contributed by atoms with van der Waals surface area (Å²) < 4.78 is 0. The van der Waals surface area contributed by atoms with Crippen LogP contribution in [-0.2, 0) is 4.79 Å². The Morgan fingerprint density at radius 2 is 2.25 bits per heavy atom. The number of hydrogen-bond acceptors (Lipinski definition) is 1. The lowest BCUT2D eigenvalue weighted by atomic mass is 10.1. The van der Waals surface area contributed by atoms with Gasteiger partial charge in [-0.05, 0) is 24.1 Å². The first kappa shape index (κ1) is 11.5. The van der Waals surface area contributed by atoms with Gasteiger partial charge in [-0.15, -0.1) is 0 Å². The van der Waals surface area contributed by atoms with Gasteiger partial charge >= 0.3 is 0 Å². The Bertz CT molecular complexity index is 403. The summed E-state index contributed by atoms with van der Waals surface area (Å²) in [6.45, 7) is 3.82. The summed E-state index contributed by atoms with van der Waals surface area (Å²) >= 11 is 5.93. The van der Waals surface area contributed by atoms with Gasteiger partial charge in [-0.3, -0.25) is 4.79 Å². The number of carbonyl (C=O) groups excluding carboxylic acids is 1. The van der Waals surface area contributed by atoms with E-state index in [2.05, 4.69) is 11.4 Å². The maximum Gasteiger partial charge on any atom is 0.222 e. The summed E-state index contributed by atoms with van der Waals surface area (Å²) in [7, 11) is 0. The Morgan fingerprint density at radius 1 is 1.50 bits per heavy atom. The molecular weight excluding hydrogens is 222 g/mol. The predicted octanol–water partition coefficient (Wildman–Crippen LogP) is 2.97. The van der Waals surface area contributed by atoms with Crippen LogP contribution in [0.3, 0.4) is 0 Å². The Hall–Kier alpha value is -1.02. The summed E-state index contributed by atoms with van der Waals surface area (Å²) in [6.07, 6.45) is 1.03. The van der Waals surface area contributed by atoms with Crippen molar-refractivity contribution < 1.29 is 4.79 Å². The van der Waals surface area contributed by atoms with Crippen LogP contribution in [0.4, 0.5) is 0 Å². The van der Waals surface area contributed by atoms with Crippen molar-refractivity contribution in [2.45, 2.75) is 32.2 Å². The first-order chi connectivity index (χ1) is 7.58. The quantitative estimate of drug-likeness (QED) is 0.861. The standard InChI is InChI=1S/C13H16ClNO/c1-8(2)13(16)15-12-7-11(12)9-4-3-5-10(14)6-9/h3-6,8,11-12H,7H2,1-2H3,(H,15,16). The monoisotopic (exact) mass is 237 g/mol. The third-order valence-corrected chi connectivity index (χ3v) is 3.15. The Balaban J connectivity index is 1.94. The Morgan fingerprint density at radius 3 is 2.88 bits per heavy atom. The van der Waals surface area contributed by atoms with E-state index in [-0.39, 0.29) is 11.8 Å². The zero-order chi connectivity index (χ0) is 11.7. The summed E-state index contributed by atoms with van der Waals surface area (Å²) in [6, 6.07) is 8.17. The van der Waals surface area contributed by atoms with E-state index < -0.39 is 0 Å². The molecule has 2 rings (SSSR count). The van der Waals surface area contributed by atoms with E-state index in [1.54, 1.807) is 0 Å². The average Bonchev–Trinajstić information content (AvgIpc) is 2.97. The maximum atomic E-state index is 11.5. The van der Waals surface area contributed by atoms with Gasteiger partial charge in [0.05, 0.1) is 0 Å². The molecule has 1 N–H and O–H groups in total. The molecule has 2 atom stereocenters. The van der Waals surface area contributed by atoms with E-state index in [9.17, 15) is 4.79 Å². The largest absolute Gasteiger partial charge is 0.353 e. The van der Waals surface area contributed by atoms with Crippen LogP contribution in [0.25, 0.3) is 0 Å². The van der Waals surface area contributed by atoms with E-state index in [0.717, 1.165) is 11.4 Å². The molecule has 2 nitrogen and oxygen atoms in total. The van der Waals surface area contributed by atoms with Crippen LogP contribution in [0.15, 0.2) is 24.3 Å². The summed E-state index contributed by atoms with van der Waals surface area (Å²) in [5.41, 5.74) is 1.22. The molecule has 1 aromatic carbocycles. The highest BCUT2D eigenvalue weighted by Gasteiger charge is 2.39. The highest BCUT2D eigenvalue weighted by Crippen LogP contribution is 2.41. The molecule has 0 spiro atoms. The Labute approximate surface area is 101 Å². The lowest BCUT2D eigenvalue weighted by Crippen LogP contribution is -2.30. The number of nitrogens with one attached hydrogen (secondary N) is 1. The predicted molar refractivity (Wildman–Crippen MR) is 65.6 cm³/mol. The molecule has 0 radical (unpaired) electrons. The van der Waals surface area contributed by atoms with Crippen molar-refractivity contribution in [2.75, 3.05) is 0 Å². The van der Waals surface area contributed by atoms with Crippen molar-refractivity contribution in [3.8, 4) is 0 Å². The minimum absolute atomic E-state index is 0.0561. The molecule has 0 bridgehead atoms. The normalized spacial score (nSPS) is 23.2. The minimum atomic E-state index is 0.0561. The van der Waals surface area contributed by atoms with Gasteiger partial charge in [0.15, 0.2) is 0 Å². The lowest BCUT2D eigenvalue weighted by molar-refractivity contribution is -0.124. The van der Waals surface area contributed by atoms with Gasteiger partial charge in [0.1, 0.15) is 0 Å². The number of carbonyl (C=O) groups is 1. The highest BCUT2D eigenvalue weighted by molar-refractivity contribution is 6.30. The highest BCUT2D eigenvalue weighted by atomic mass is 35.5. The van der Waals surface area contributed by atoms with Gasteiger partial charge in [0.25, 0.3) is 0 Å². The second kappa shape index (κ2) is 4.46. The van der Waals surface area contributed by atoms with Gasteiger partial charge < -0.3 is 5.32 Å². The molecule has 1 fully saturated rings. The van der Waals surface area contributed by atoms with Crippen molar-refractivity contribution in [2.24, 2.45) is 5.92 Å². The lowest BCUT2D eigenvalue weighted by Gasteiger charge is -2.07. The molecule has 0 heterocycles. The molecule has 1 amide bonds. The van der Waals surface area contributed by atoms with Crippen LogP contribution >= 0.6 is 11.6 Å². The molecule has 1 aliphatic carbocycles. The fourth-order valence-electron chi connectivity index (χ4n) is 1.81. The smallest absolute Gasteiger partial charge is 0.222 e. The average molecular weight is 238 g/mol. The molecule has 0 aliphatic heterocycles. The topological polar surface area (TPSA) is 29.1 Å². The van der Waals surface area contributed by atoms with E-state index in [0.29, 0.717) is 12.0 Å². The third-order valence-electron chi connectivity index (χ3n) is 2.92. The SMILES string of the molecule is CC(C)C(=O)NC1CC1c1cccc(Cl)c1. The van der Waals surface area contributed by atoms with Gasteiger partial charge in [0, 0.05) is 22.9 Å². The fraction of sp³-hybridized carbons (Fsp3) is 0.462. The maximum absolute atomic E-state index is 11.5. The van der Waals surface area contributed by atoms with Gasteiger partial charge in [-0.1, -0.05) is 37.6 Å². The second-order valence-electron chi connectivity index (χ2n) is 4.67. The molecule has 16 heavy (non-hydrogen) atoms. The van der Waals surface area contributed by atoms with Crippen LogP contribution in [0, 0.1) is 5.92 Å². The fourth-order valence-corrected chi connectivity index (χ4v) is 2.01. The first-order valence-electron chi connectivity index (χ1n) is 5.64. The number of amides is 1. The molecule has 2 unspecified atom stereocenters. The van der Waals surface area contributed by atoms with Crippen LogP contribution in [0.2, 0.25) is 5.02 Å². The number of rotatable bonds is 3. The van der Waals surface area contributed by atoms with Gasteiger partial charge in [-0.2, -0.15) is 0 Å². The van der Waals surface area contributed by atoms with Crippen LogP contribution in [0.1, 0.15) is 31.7 Å². The van der Waals surface area contributed by atoms with Crippen LogP contribution in [0.5, 0.6) is 0 Å². The molecule has 1 aliphatic rings. The molecular formula is C13H16ClNO.